The summed E-state index contributed by atoms with van der Waals surface area (Å²) in [6.45, 7) is 4.00. The normalized spacial score (nSPS) is 28.4. The molecule has 3 rings (SSSR count). The Bertz CT molecular complexity index is 644. The van der Waals surface area contributed by atoms with Gasteiger partial charge in [-0.15, -0.1) is 0 Å². The van der Waals surface area contributed by atoms with Gasteiger partial charge in [0.2, 0.25) is 5.91 Å². The predicted molar refractivity (Wildman–Crippen MR) is 85.5 cm³/mol. The zero-order valence-corrected chi connectivity index (χ0v) is 13.9. The summed E-state index contributed by atoms with van der Waals surface area (Å²) < 4.78 is 24.6. The van der Waals surface area contributed by atoms with E-state index in [0.29, 0.717) is 35.2 Å². The Morgan fingerprint density at radius 2 is 1.96 bits per heavy atom. The summed E-state index contributed by atoms with van der Waals surface area (Å²) in [7, 11) is 0. The van der Waals surface area contributed by atoms with Crippen molar-refractivity contribution < 1.29 is 18.4 Å². The van der Waals surface area contributed by atoms with Crippen LogP contribution in [0.15, 0.2) is 29.2 Å². The first-order chi connectivity index (χ1) is 10.8. The molecule has 2 bridgehead atoms. The summed E-state index contributed by atoms with van der Waals surface area (Å²) in [6.07, 6.45) is 1.97. The summed E-state index contributed by atoms with van der Waals surface area (Å²) >= 11 is 0.462. The number of carbonyl (C=O) groups excluding carboxylic acids is 2. The van der Waals surface area contributed by atoms with Crippen LogP contribution in [0.25, 0.3) is 0 Å². The van der Waals surface area contributed by atoms with Gasteiger partial charge in [-0.25, -0.2) is 0 Å². The fraction of sp³-hybridized carbons (Fsp3) is 0.529. The zero-order chi connectivity index (χ0) is 16.8. The van der Waals surface area contributed by atoms with E-state index >= 15 is 0 Å². The molecule has 1 aromatic rings. The summed E-state index contributed by atoms with van der Waals surface area (Å²) in [5.74, 6) is -2.44. The third-order valence-corrected chi connectivity index (χ3v) is 6.34. The van der Waals surface area contributed by atoms with Gasteiger partial charge in [0.1, 0.15) is 11.2 Å². The van der Waals surface area contributed by atoms with Crippen molar-refractivity contribution in [2.45, 2.75) is 43.8 Å². The Kier molecular flexibility index (Phi) is 3.99. The highest BCUT2D eigenvalue weighted by atomic mass is 32.2. The van der Waals surface area contributed by atoms with E-state index < -0.39 is 11.2 Å². The second-order valence-electron chi connectivity index (χ2n) is 6.85. The minimum Gasteiger partial charge on any atom is -0.325 e. The lowest BCUT2D eigenvalue weighted by molar-refractivity contribution is -0.141. The van der Waals surface area contributed by atoms with Gasteiger partial charge in [0.05, 0.1) is 0 Å². The van der Waals surface area contributed by atoms with Crippen LogP contribution in [0.5, 0.6) is 0 Å². The predicted octanol–water partition coefficient (Wildman–Crippen LogP) is 4.34. The van der Waals surface area contributed by atoms with E-state index in [4.69, 9.17) is 0 Å². The number of carbonyl (C=O) groups is 2. The standard InChI is InChI=1S/C17H19F2NO2S/c1-16(2)10-7-8-17(16,13(21)9-10)14(22)20-11-3-5-12(6-4-11)23-15(18)19/h3-6,10,15H,7-9H2,1-2H3,(H,20,22). The number of ketones is 1. The van der Waals surface area contributed by atoms with Gasteiger partial charge >= 0.3 is 0 Å². The molecule has 1 aromatic carbocycles. The molecule has 0 heterocycles. The third-order valence-electron chi connectivity index (χ3n) is 5.62. The molecule has 0 saturated heterocycles. The van der Waals surface area contributed by atoms with Crippen molar-refractivity contribution in [2.75, 3.05) is 5.32 Å². The van der Waals surface area contributed by atoms with Gasteiger partial charge in [0.25, 0.3) is 5.76 Å². The molecule has 3 nitrogen and oxygen atoms in total. The van der Waals surface area contributed by atoms with Crippen LogP contribution in [0, 0.1) is 16.7 Å². The van der Waals surface area contributed by atoms with E-state index in [-0.39, 0.29) is 23.0 Å². The van der Waals surface area contributed by atoms with Crippen LogP contribution < -0.4 is 5.32 Å². The van der Waals surface area contributed by atoms with Crippen LogP contribution in [0.1, 0.15) is 33.1 Å². The van der Waals surface area contributed by atoms with Crippen molar-refractivity contribution in [3.8, 4) is 0 Å². The lowest BCUT2D eigenvalue weighted by Crippen LogP contribution is -2.46. The van der Waals surface area contributed by atoms with Gasteiger partial charge < -0.3 is 5.32 Å². The van der Waals surface area contributed by atoms with Gasteiger partial charge in [-0.3, -0.25) is 9.59 Å². The molecular weight excluding hydrogens is 320 g/mol. The van der Waals surface area contributed by atoms with Gasteiger partial charge in [-0.05, 0) is 48.4 Å². The van der Waals surface area contributed by atoms with E-state index in [9.17, 15) is 18.4 Å². The average Bonchev–Trinajstić information content (AvgIpc) is 2.83. The quantitative estimate of drug-likeness (QED) is 0.656. The topological polar surface area (TPSA) is 46.2 Å². The number of alkyl halides is 2. The maximum Gasteiger partial charge on any atom is 0.288 e. The molecule has 2 saturated carbocycles. The second-order valence-corrected chi connectivity index (χ2v) is 7.91. The van der Waals surface area contributed by atoms with Gasteiger partial charge in [0.15, 0.2) is 0 Å². The van der Waals surface area contributed by atoms with Gasteiger partial charge in [-0.1, -0.05) is 25.6 Å². The molecule has 0 spiro atoms. The Labute approximate surface area is 138 Å². The molecule has 2 aliphatic rings. The largest absolute Gasteiger partial charge is 0.325 e. The van der Waals surface area contributed by atoms with Crippen LogP contribution in [-0.2, 0) is 9.59 Å². The number of fused-ring (bicyclic) bond motifs is 2. The number of anilines is 1. The molecule has 2 unspecified atom stereocenters. The van der Waals surface area contributed by atoms with Crippen molar-refractivity contribution >= 4 is 29.1 Å². The molecule has 2 aliphatic carbocycles. The Balaban J connectivity index is 1.78. The first-order valence-electron chi connectivity index (χ1n) is 7.67. The second kappa shape index (κ2) is 5.58. The number of hydrogen-bond donors (Lipinski definition) is 1. The molecule has 0 radical (unpaired) electrons. The molecule has 0 aromatic heterocycles. The molecular formula is C17H19F2NO2S. The Morgan fingerprint density at radius 3 is 2.43 bits per heavy atom. The minimum atomic E-state index is -2.47. The summed E-state index contributed by atoms with van der Waals surface area (Å²) in [4.78, 5) is 25.7. The summed E-state index contributed by atoms with van der Waals surface area (Å²) in [5, 5.41) is 2.81. The number of rotatable bonds is 4. The van der Waals surface area contributed by atoms with Crippen molar-refractivity contribution in [1.29, 1.82) is 0 Å². The van der Waals surface area contributed by atoms with Crippen LogP contribution in [0.2, 0.25) is 0 Å². The van der Waals surface area contributed by atoms with E-state index in [0.717, 1.165) is 6.42 Å². The molecule has 1 amide bonds. The third kappa shape index (κ3) is 2.47. The monoisotopic (exact) mass is 339 g/mol. The number of thioether (sulfide) groups is 1. The fourth-order valence-electron chi connectivity index (χ4n) is 4.17. The minimum absolute atomic E-state index is 0.0288. The zero-order valence-electron chi connectivity index (χ0n) is 13.1. The molecule has 1 N–H and O–H groups in total. The van der Waals surface area contributed by atoms with Crippen molar-refractivity contribution in [1.82, 2.24) is 0 Å². The Hall–Kier alpha value is -1.43. The van der Waals surface area contributed by atoms with Crippen LogP contribution in [0.3, 0.4) is 0 Å². The van der Waals surface area contributed by atoms with E-state index in [1.54, 1.807) is 24.3 Å². The highest BCUT2D eigenvalue weighted by Crippen LogP contribution is 2.64. The molecule has 2 atom stereocenters. The van der Waals surface area contributed by atoms with E-state index in [2.05, 4.69) is 5.32 Å². The van der Waals surface area contributed by atoms with E-state index in [1.165, 1.54) is 0 Å². The molecule has 2 fully saturated rings. The number of nitrogens with one attached hydrogen (secondary N) is 1. The number of halogens is 2. The van der Waals surface area contributed by atoms with Gasteiger partial charge in [0, 0.05) is 17.0 Å². The number of hydrogen-bond acceptors (Lipinski definition) is 3. The highest BCUT2D eigenvalue weighted by Gasteiger charge is 2.68. The molecule has 6 heteroatoms. The number of amides is 1. The maximum atomic E-state index is 12.8. The number of benzene rings is 1. The fourth-order valence-corrected chi connectivity index (χ4v) is 4.67. The number of Topliss-reactive ketones (excluding diaryl/α,β-unsaturated/α-hetero) is 1. The summed E-state index contributed by atoms with van der Waals surface area (Å²) in [6, 6.07) is 6.28. The lowest BCUT2D eigenvalue weighted by Gasteiger charge is -2.34. The SMILES string of the molecule is CC1(C)C2CCC1(C(=O)Nc1ccc(SC(F)F)cc1)C(=O)C2. The first kappa shape index (κ1) is 16.4. The lowest BCUT2D eigenvalue weighted by atomic mass is 9.68. The van der Waals surface area contributed by atoms with Crippen LogP contribution in [-0.4, -0.2) is 17.4 Å². The summed E-state index contributed by atoms with van der Waals surface area (Å²) in [5.41, 5.74) is -0.754. The van der Waals surface area contributed by atoms with Crippen molar-refractivity contribution in [2.24, 2.45) is 16.7 Å². The van der Waals surface area contributed by atoms with E-state index in [1.807, 2.05) is 13.8 Å². The van der Waals surface area contributed by atoms with Gasteiger partial charge in [-0.2, -0.15) is 8.78 Å². The van der Waals surface area contributed by atoms with Crippen molar-refractivity contribution in [3.63, 3.8) is 0 Å². The average molecular weight is 339 g/mol. The smallest absolute Gasteiger partial charge is 0.288 e. The Morgan fingerprint density at radius 1 is 1.30 bits per heavy atom. The first-order valence-corrected chi connectivity index (χ1v) is 8.55. The molecule has 23 heavy (non-hydrogen) atoms. The molecule has 124 valence electrons. The van der Waals surface area contributed by atoms with Crippen LogP contribution in [0.4, 0.5) is 14.5 Å². The van der Waals surface area contributed by atoms with Crippen molar-refractivity contribution in [3.05, 3.63) is 24.3 Å². The maximum absolute atomic E-state index is 12.8. The highest BCUT2D eigenvalue weighted by molar-refractivity contribution is 7.99. The van der Waals surface area contributed by atoms with Crippen LogP contribution >= 0.6 is 11.8 Å². The molecule has 0 aliphatic heterocycles.